The van der Waals surface area contributed by atoms with E-state index in [1.165, 1.54) is 18.9 Å². The highest BCUT2D eigenvalue weighted by molar-refractivity contribution is 7.99. The summed E-state index contributed by atoms with van der Waals surface area (Å²) in [6.07, 6.45) is 1.15. The van der Waals surface area contributed by atoms with Gasteiger partial charge in [0.25, 0.3) is 0 Å². The molecule has 10 heteroatoms. The van der Waals surface area contributed by atoms with Gasteiger partial charge in [0.2, 0.25) is 0 Å². The number of thioether (sulfide) groups is 1. The maximum absolute atomic E-state index is 11.2. The van der Waals surface area contributed by atoms with Crippen LogP contribution in [-0.4, -0.2) is 29.9 Å². The summed E-state index contributed by atoms with van der Waals surface area (Å²) in [6.45, 7) is 0. The molecule has 0 fully saturated rings. The first-order valence-electron chi connectivity index (χ1n) is 8.65. The summed E-state index contributed by atoms with van der Waals surface area (Å²) in [5.74, 6) is -1.30. The van der Waals surface area contributed by atoms with Crippen LogP contribution in [0, 0.1) is 5.92 Å². The highest BCUT2D eigenvalue weighted by Gasteiger charge is 2.18. The van der Waals surface area contributed by atoms with Crippen molar-refractivity contribution in [2.45, 2.75) is 29.1 Å². The summed E-state index contributed by atoms with van der Waals surface area (Å²) < 4.78 is 4.53. The molecular weight excluding hydrogens is 510 g/mol. The first kappa shape index (κ1) is 27.3. The Morgan fingerprint density at radius 1 is 1.03 bits per heavy atom. The van der Waals surface area contributed by atoms with Gasteiger partial charge in [-0.25, -0.2) is 0 Å². The number of carbonyl (C=O) groups excluding carboxylic acids is 1. The lowest BCUT2D eigenvalue weighted by molar-refractivity contribution is -0.143. The van der Waals surface area contributed by atoms with E-state index in [9.17, 15) is 14.7 Å². The van der Waals surface area contributed by atoms with E-state index < -0.39 is 11.9 Å². The van der Waals surface area contributed by atoms with Gasteiger partial charge in [-0.3, -0.25) is 9.59 Å². The van der Waals surface area contributed by atoms with Crippen LogP contribution in [0.1, 0.15) is 19.3 Å². The van der Waals surface area contributed by atoms with Crippen LogP contribution in [-0.2, 0) is 14.3 Å². The predicted molar refractivity (Wildman–Crippen MR) is 128 cm³/mol. The van der Waals surface area contributed by atoms with Gasteiger partial charge in [0, 0.05) is 22.0 Å². The Morgan fingerprint density at radius 3 is 2.13 bits per heavy atom. The Balaban J connectivity index is 0.000000414. The largest absolute Gasteiger partial charge is 0.481 e. The number of hydrogen-bond donors (Lipinski definition) is 2. The summed E-state index contributed by atoms with van der Waals surface area (Å²) in [7, 11) is 1.32. The Labute approximate surface area is 205 Å². The minimum atomic E-state index is -0.868. The second-order valence-corrected chi connectivity index (χ2v) is 9.23. The number of esters is 1. The molecule has 0 radical (unpaired) electrons. The van der Waals surface area contributed by atoms with Crippen LogP contribution in [0.15, 0.2) is 46.2 Å². The Kier molecular flexibility index (Phi) is 13.0. The highest BCUT2D eigenvalue weighted by Crippen LogP contribution is 2.30. The molecular formula is C20H20Cl4O4S2. The minimum absolute atomic E-state index is 0.234. The number of thiol groups is 1. The van der Waals surface area contributed by atoms with E-state index >= 15 is 0 Å². The lowest BCUT2D eigenvalue weighted by Gasteiger charge is -2.11. The standard InChI is InChI=1S/C14H16Cl2O4S.C6H4Cl2S/c1-20-13(17)4-2-3-9(14(18)19)8-21-10-5-6-11(15)12(16)7-10;7-5-2-1-4(9)3-6(5)8/h5-7,9H,2-4,8H2,1H3,(H,18,19);1-3,9H. The summed E-state index contributed by atoms with van der Waals surface area (Å²) in [5.41, 5.74) is 0. The zero-order chi connectivity index (χ0) is 22.7. The quantitative estimate of drug-likeness (QED) is 0.212. The first-order chi connectivity index (χ1) is 14.1. The average Bonchev–Trinajstić information content (AvgIpc) is 2.70. The molecule has 0 spiro atoms. The van der Waals surface area contributed by atoms with Crippen LogP contribution in [0.3, 0.4) is 0 Å². The Hall–Kier alpha value is -0.760. The van der Waals surface area contributed by atoms with E-state index in [1.807, 2.05) is 0 Å². The molecule has 0 saturated carbocycles. The summed E-state index contributed by atoms with van der Waals surface area (Å²) >= 11 is 28.5. The number of carboxylic acids is 1. The van der Waals surface area contributed by atoms with Crippen molar-refractivity contribution in [2.75, 3.05) is 12.9 Å². The van der Waals surface area contributed by atoms with Crippen LogP contribution >= 0.6 is 70.8 Å². The van der Waals surface area contributed by atoms with Crippen molar-refractivity contribution in [2.24, 2.45) is 5.92 Å². The molecule has 2 aromatic carbocycles. The normalized spacial score (nSPS) is 11.3. The number of methoxy groups -OCH3 is 1. The molecule has 164 valence electrons. The average molecular weight is 530 g/mol. The molecule has 30 heavy (non-hydrogen) atoms. The smallest absolute Gasteiger partial charge is 0.307 e. The number of hydrogen-bond acceptors (Lipinski definition) is 5. The molecule has 2 rings (SSSR count). The van der Waals surface area contributed by atoms with Gasteiger partial charge in [0.1, 0.15) is 0 Å². The van der Waals surface area contributed by atoms with Gasteiger partial charge in [-0.05, 0) is 49.2 Å². The van der Waals surface area contributed by atoms with E-state index in [0.717, 1.165) is 9.79 Å². The van der Waals surface area contributed by atoms with Crippen molar-refractivity contribution in [3.05, 3.63) is 56.5 Å². The van der Waals surface area contributed by atoms with Crippen LogP contribution < -0.4 is 0 Å². The fraction of sp³-hybridized carbons (Fsp3) is 0.300. The third-order valence-corrected chi connectivity index (χ3v) is 6.67. The summed E-state index contributed by atoms with van der Waals surface area (Å²) in [5, 5.41) is 11.2. The van der Waals surface area contributed by atoms with Crippen molar-refractivity contribution in [3.8, 4) is 0 Å². The molecule has 2 aromatic rings. The topological polar surface area (TPSA) is 63.6 Å². The Bertz CT molecular complexity index is 865. The van der Waals surface area contributed by atoms with Crippen LogP contribution in [0.5, 0.6) is 0 Å². The molecule has 1 atom stereocenters. The maximum atomic E-state index is 11.2. The number of aliphatic carboxylic acids is 1. The second kappa shape index (κ2) is 14.3. The van der Waals surface area contributed by atoms with Gasteiger partial charge in [0.15, 0.2) is 0 Å². The molecule has 1 unspecified atom stereocenters. The Morgan fingerprint density at radius 2 is 1.63 bits per heavy atom. The molecule has 0 amide bonds. The van der Waals surface area contributed by atoms with E-state index in [-0.39, 0.29) is 12.4 Å². The molecule has 0 aliphatic carbocycles. The van der Waals surface area contributed by atoms with E-state index in [4.69, 9.17) is 46.4 Å². The number of benzene rings is 2. The lowest BCUT2D eigenvalue weighted by Crippen LogP contribution is -2.16. The third kappa shape index (κ3) is 10.5. The monoisotopic (exact) mass is 528 g/mol. The molecule has 4 nitrogen and oxygen atoms in total. The summed E-state index contributed by atoms with van der Waals surface area (Å²) in [6, 6.07) is 10.4. The van der Waals surface area contributed by atoms with Gasteiger partial charge in [-0.15, -0.1) is 24.4 Å². The highest BCUT2D eigenvalue weighted by atomic mass is 35.5. The predicted octanol–water partition coefficient (Wildman–Crippen LogP) is 7.41. The zero-order valence-electron chi connectivity index (χ0n) is 15.9. The van der Waals surface area contributed by atoms with Gasteiger partial charge in [-0.1, -0.05) is 46.4 Å². The van der Waals surface area contributed by atoms with Crippen molar-refractivity contribution < 1.29 is 19.4 Å². The lowest BCUT2D eigenvalue weighted by atomic mass is 10.0. The van der Waals surface area contributed by atoms with Gasteiger partial charge in [-0.2, -0.15) is 0 Å². The number of carboxylic acid groups (broad SMARTS) is 1. The van der Waals surface area contributed by atoms with Crippen LogP contribution in [0.2, 0.25) is 20.1 Å². The summed E-state index contributed by atoms with van der Waals surface area (Å²) in [4.78, 5) is 23.9. The maximum Gasteiger partial charge on any atom is 0.307 e. The number of rotatable bonds is 8. The van der Waals surface area contributed by atoms with Crippen molar-refractivity contribution in [1.29, 1.82) is 0 Å². The third-order valence-electron chi connectivity index (χ3n) is 3.76. The van der Waals surface area contributed by atoms with Crippen molar-refractivity contribution in [1.82, 2.24) is 0 Å². The second-order valence-electron chi connectivity index (χ2n) is 5.99. The van der Waals surface area contributed by atoms with E-state index in [2.05, 4.69) is 17.4 Å². The molecule has 1 N–H and O–H groups in total. The van der Waals surface area contributed by atoms with E-state index in [1.54, 1.807) is 36.4 Å². The van der Waals surface area contributed by atoms with Crippen LogP contribution in [0.4, 0.5) is 0 Å². The molecule has 0 aromatic heterocycles. The number of carbonyl (C=O) groups is 2. The number of halogens is 4. The van der Waals surface area contributed by atoms with Gasteiger partial charge in [0.05, 0.1) is 33.1 Å². The van der Waals surface area contributed by atoms with Crippen LogP contribution in [0.25, 0.3) is 0 Å². The zero-order valence-corrected chi connectivity index (χ0v) is 20.6. The fourth-order valence-electron chi connectivity index (χ4n) is 2.12. The molecule has 0 aliphatic heterocycles. The number of ether oxygens (including phenoxy) is 1. The first-order valence-corrected chi connectivity index (χ1v) is 11.6. The molecule has 0 saturated heterocycles. The molecule has 0 heterocycles. The van der Waals surface area contributed by atoms with Gasteiger partial charge < -0.3 is 9.84 Å². The minimum Gasteiger partial charge on any atom is -0.481 e. The van der Waals surface area contributed by atoms with Crippen molar-refractivity contribution in [3.63, 3.8) is 0 Å². The fourth-order valence-corrected chi connectivity index (χ4v) is 4.13. The molecule has 0 aliphatic rings. The van der Waals surface area contributed by atoms with E-state index in [0.29, 0.717) is 38.7 Å². The molecule has 0 bridgehead atoms. The van der Waals surface area contributed by atoms with Gasteiger partial charge >= 0.3 is 11.9 Å². The van der Waals surface area contributed by atoms with Crippen molar-refractivity contribution >= 4 is 82.7 Å². The SMILES string of the molecule is COC(=O)CCCC(CSc1ccc(Cl)c(Cl)c1)C(=O)O.Sc1ccc(Cl)c(Cl)c1.